The van der Waals surface area contributed by atoms with E-state index in [9.17, 15) is 9.59 Å². The summed E-state index contributed by atoms with van der Waals surface area (Å²) in [6.45, 7) is 2.00. The van der Waals surface area contributed by atoms with E-state index in [0.29, 0.717) is 17.1 Å². The number of nitrogens with zero attached hydrogens (tertiary/aromatic N) is 3. The minimum absolute atomic E-state index is 0.109. The van der Waals surface area contributed by atoms with Gasteiger partial charge in [0.25, 0.3) is 5.91 Å². The summed E-state index contributed by atoms with van der Waals surface area (Å²) in [6, 6.07) is 15.4. The summed E-state index contributed by atoms with van der Waals surface area (Å²) in [7, 11) is 0. The Morgan fingerprint density at radius 2 is 1.88 bits per heavy atom. The van der Waals surface area contributed by atoms with Crippen LogP contribution in [0.5, 0.6) is 11.5 Å². The highest BCUT2D eigenvalue weighted by molar-refractivity contribution is 5.95. The molecule has 9 heteroatoms. The second kappa shape index (κ2) is 9.14. The van der Waals surface area contributed by atoms with Crippen molar-refractivity contribution in [2.45, 2.75) is 19.4 Å². The normalized spacial score (nSPS) is 12.5. The van der Waals surface area contributed by atoms with Gasteiger partial charge in [-0.2, -0.15) is 5.26 Å². The molecular weight excluding hydrogens is 410 g/mol. The first-order valence-corrected chi connectivity index (χ1v) is 9.83. The standard InChI is InChI=1S/C23H19N5O4/c1-14(17-5-2-15(11-24)3-6-17)27-23(30)18-10-21(26-12-25-18)28-22(29)9-16-4-7-19-20(8-16)32-13-31-19/h2-8,10,12,14H,9,13H2,1H3,(H,27,30)(H,25,26,28,29)/t14-/m0/s1. The van der Waals surface area contributed by atoms with E-state index in [0.717, 1.165) is 11.1 Å². The van der Waals surface area contributed by atoms with Crippen molar-refractivity contribution in [3.05, 3.63) is 77.2 Å². The van der Waals surface area contributed by atoms with Crippen molar-refractivity contribution in [2.24, 2.45) is 0 Å². The molecule has 0 bridgehead atoms. The summed E-state index contributed by atoms with van der Waals surface area (Å²) < 4.78 is 10.6. The van der Waals surface area contributed by atoms with Crippen molar-refractivity contribution in [1.82, 2.24) is 15.3 Å². The molecule has 1 aromatic heterocycles. The lowest BCUT2D eigenvalue weighted by Gasteiger charge is -2.14. The molecule has 0 saturated carbocycles. The third-order valence-electron chi connectivity index (χ3n) is 4.86. The number of benzene rings is 2. The Labute approximate surface area is 184 Å². The molecule has 0 radical (unpaired) electrons. The number of hydrogen-bond acceptors (Lipinski definition) is 7. The van der Waals surface area contributed by atoms with Crippen LogP contribution in [0.15, 0.2) is 54.9 Å². The second-order valence-electron chi connectivity index (χ2n) is 7.13. The highest BCUT2D eigenvalue weighted by atomic mass is 16.7. The van der Waals surface area contributed by atoms with Crippen LogP contribution in [0.3, 0.4) is 0 Å². The molecule has 32 heavy (non-hydrogen) atoms. The van der Waals surface area contributed by atoms with Crippen LogP contribution in [-0.4, -0.2) is 28.6 Å². The Hall–Kier alpha value is -4.45. The quantitative estimate of drug-likeness (QED) is 0.617. The van der Waals surface area contributed by atoms with Crippen LogP contribution >= 0.6 is 0 Å². The van der Waals surface area contributed by atoms with Crippen molar-refractivity contribution in [2.75, 3.05) is 12.1 Å². The SMILES string of the molecule is C[C@H](NC(=O)c1cc(NC(=O)Cc2ccc3c(c2)OCO3)ncn1)c1ccc(C#N)cc1. The maximum atomic E-state index is 12.6. The van der Waals surface area contributed by atoms with Crippen molar-refractivity contribution in [3.8, 4) is 17.6 Å². The summed E-state index contributed by atoms with van der Waals surface area (Å²) >= 11 is 0. The van der Waals surface area contributed by atoms with Gasteiger partial charge in [0, 0.05) is 6.07 Å². The van der Waals surface area contributed by atoms with Gasteiger partial charge in [-0.25, -0.2) is 9.97 Å². The number of nitriles is 1. The predicted octanol–water partition coefficient (Wildman–Crippen LogP) is 2.75. The fourth-order valence-electron chi connectivity index (χ4n) is 3.17. The van der Waals surface area contributed by atoms with E-state index in [1.54, 1.807) is 42.5 Å². The fourth-order valence-corrected chi connectivity index (χ4v) is 3.17. The maximum absolute atomic E-state index is 12.6. The first-order chi connectivity index (χ1) is 15.5. The Morgan fingerprint density at radius 1 is 1.09 bits per heavy atom. The lowest BCUT2D eigenvalue weighted by Crippen LogP contribution is -2.27. The highest BCUT2D eigenvalue weighted by Gasteiger charge is 2.16. The van der Waals surface area contributed by atoms with Crippen molar-refractivity contribution >= 4 is 17.6 Å². The number of amides is 2. The number of fused-ring (bicyclic) bond motifs is 1. The van der Waals surface area contributed by atoms with Crippen molar-refractivity contribution in [1.29, 1.82) is 5.26 Å². The van der Waals surface area contributed by atoms with Crippen LogP contribution in [-0.2, 0) is 11.2 Å². The number of nitrogens with one attached hydrogen (secondary N) is 2. The molecule has 0 aliphatic carbocycles. The van der Waals surface area contributed by atoms with Gasteiger partial charge >= 0.3 is 0 Å². The van der Waals surface area contributed by atoms with Gasteiger partial charge in [-0.3, -0.25) is 9.59 Å². The molecule has 1 aliphatic rings. The van der Waals surface area contributed by atoms with E-state index < -0.39 is 5.91 Å². The van der Waals surface area contributed by atoms with Gasteiger partial charge in [0.15, 0.2) is 11.5 Å². The van der Waals surface area contributed by atoms with Crippen molar-refractivity contribution < 1.29 is 19.1 Å². The largest absolute Gasteiger partial charge is 0.454 e. The zero-order valence-corrected chi connectivity index (χ0v) is 17.2. The molecule has 9 nitrogen and oxygen atoms in total. The molecule has 0 fully saturated rings. The minimum Gasteiger partial charge on any atom is -0.454 e. The van der Waals surface area contributed by atoms with Gasteiger partial charge in [0.2, 0.25) is 12.7 Å². The van der Waals surface area contributed by atoms with Gasteiger partial charge in [-0.15, -0.1) is 0 Å². The molecule has 2 aromatic carbocycles. The number of hydrogen-bond donors (Lipinski definition) is 2. The Morgan fingerprint density at radius 3 is 2.66 bits per heavy atom. The number of aromatic nitrogens is 2. The van der Waals surface area contributed by atoms with Crippen LogP contribution in [0.25, 0.3) is 0 Å². The average molecular weight is 429 g/mol. The molecule has 160 valence electrons. The Balaban J connectivity index is 1.37. The molecule has 2 heterocycles. The molecule has 2 amide bonds. The van der Waals surface area contributed by atoms with E-state index in [-0.39, 0.29) is 36.7 Å². The molecule has 1 atom stereocenters. The minimum atomic E-state index is -0.407. The zero-order chi connectivity index (χ0) is 22.5. The van der Waals surface area contributed by atoms with Crippen molar-refractivity contribution in [3.63, 3.8) is 0 Å². The number of ether oxygens (including phenoxy) is 2. The van der Waals surface area contributed by atoms with Crippen LogP contribution in [0.2, 0.25) is 0 Å². The van der Waals surface area contributed by atoms with E-state index in [2.05, 4.69) is 26.7 Å². The predicted molar refractivity (Wildman–Crippen MR) is 114 cm³/mol. The molecule has 0 spiro atoms. The Bertz CT molecular complexity index is 1200. The van der Waals surface area contributed by atoms with Crippen LogP contribution in [0.4, 0.5) is 5.82 Å². The Kier molecular flexibility index (Phi) is 5.94. The van der Waals surface area contributed by atoms with Crippen LogP contribution in [0, 0.1) is 11.3 Å². The van der Waals surface area contributed by atoms with E-state index in [4.69, 9.17) is 14.7 Å². The smallest absolute Gasteiger partial charge is 0.270 e. The first kappa shape index (κ1) is 20.8. The zero-order valence-electron chi connectivity index (χ0n) is 17.2. The monoisotopic (exact) mass is 429 g/mol. The lowest BCUT2D eigenvalue weighted by molar-refractivity contribution is -0.115. The number of carbonyl (C=O) groups excluding carboxylic acids is 2. The van der Waals surface area contributed by atoms with Gasteiger partial charge in [0.1, 0.15) is 17.8 Å². The highest BCUT2D eigenvalue weighted by Crippen LogP contribution is 2.32. The lowest BCUT2D eigenvalue weighted by atomic mass is 10.1. The topological polar surface area (TPSA) is 126 Å². The number of carbonyl (C=O) groups is 2. The first-order valence-electron chi connectivity index (χ1n) is 9.83. The van der Waals surface area contributed by atoms with E-state index >= 15 is 0 Å². The molecule has 2 N–H and O–H groups in total. The van der Waals surface area contributed by atoms with Gasteiger partial charge in [-0.1, -0.05) is 18.2 Å². The molecule has 4 rings (SSSR count). The van der Waals surface area contributed by atoms with Crippen LogP contribution in [0.1, 0.15) is 40.1 Å². The molecule has 3 aromatic rings. The van der Waals surface area contributed by atoms with Crippen LogP contribution < -0.4 is 20.1 Å². The van der Waals surface area contributed by atoms with Gasteiger partial charge < -0.3 is 20.1 Å². The molecular formula is C23H19N5O4. The molecule has 0 unspecified atom stereocenters. The molecule has 1 aliphatic heterocycles. The van der Waals surface area contributed by atoms with E-state index in [1.807, 2.05) is 6.92 Å². The maximum Gasteiger partial charge on any atom is 0.270 e. The number of rotatable bonds is 6. The average Bonchev–Trinajstić information content (AvgIpc) is 3.27. The summed E-state index contributed by atoms with van der Waals surface area (Å²) in [5.41, 5.74) is 2.28. The summed E-state index contributed by atoms with van der Waals surface area (Å²) in [4.78, 5) is 33.0. The molecule has 0 saturated heterocycles. The van der Waals surface area contributed by atoms with Gasteiger partial charge in [-0.05, 0) is 42.3 Å². The second-order valence-corrected chi connectivity index (χ2v) is 7.13. The van der Waals surface area contributed by atoms with E-state index in [1.165, 1.54) is 12.4 Å². The van der Waals surface area contributed by atoms with Gasteiger partial charge in [0.05, 0.1) is 24.1 Å². The summed E-state index contributed by atoms with van der Waals surface area (Å²) in [5.74, 6) is 0.779. The summed E-state index contributed by atoms with van der Waals surface area (Å²) in [6.07, 6.45) is 1.33. The number of anilines is 1. The third-order valence-corrected chi connectivity index (χ3v) is 4.86. The third kappa shape index (κ3) is 4.82. The summed E-state index contributed by atoms with van der Waals surface area (Å²) in [5, 5.41) is 14.4. The fraction of sp³-hybridized carbons (Fsp3) is 0.174.